The Bertz CT molecular complexity index is 967. The van der Waals surface area contributed by atoms with E-state index >= 15 is 0 Å². The Morgan fingerprint density at radius 1 is 1.00 bits per heavy atom. The van der Waals surface area contributed by atoms with E-state index in [1.807, 2.05) is 0 Å². The van der Waals surface area contributed by atoms with Crippen LogP contribution in [-0.2, 0) is 10.0 Å². The van der Waals surface area contributed by atoms with Crippen molar-refractivity contribution >= 4 is 21.6 Å². The highest BCUT2D eigenvalue weighted by Gasteiger charge is 2.26. The molecule has 27 heavy (non-hydrogen) atoms. The van der Waals surface area contributed by atoms with Crippen LogP contribution in [0.5, 0.6) is 0 Å². The molecule has 1 amide bonds. The second-order valence-electron chi connectivity index (χ2n) is 6.86. The van der Waals surface area contributed by atoms with Gasteiger partial charge in [0.1, 0.15) is 5.82 Å². The monoisotopic (exact) mass is 390 g/mol. The van der Waals surface area contributed by atoms with Crippen LogP contribution < -0.4 is 5.32 Å². The van der Waals surface area contributed by atoms with E-state index < -0.39 is 21.7 Å². The Balaban J connectivity index is 1.87. The molecule has 1 fully saturated rings. The molecule has 1 N–H and O–H groups in total. The number of sulfonamides is 1. The third kappa shape index (κ3) is 4.20. The molecule has 7 heteroatoms. The molecule has 0 atom stereocenters. The maximum absolute atomic E-state index is 13.7. The summed E-state index contributed by atoms with van der Waals surface area (Å²) >= 11 is 0. The van der Waals surface area contributed by atoms with E-state index in [-0.39, 0.29) is 10.5 Å². The van der Waals surface area contributed by atoms with Crippen LogP contribution in [0.15, 0.2) is 41.3 Å². The van der Waals surface area contributed by atoms with Crippen molar-refractivity contribution in [3.05, 3.63) is 58.9 Å². The van der Waals surface area contributed by atoms with E-state index in [0.29, 0.717) is 24.3 Å². The summed E-state index contributed by atoms with van der Waals surface area (Å²) in [4.78, 5) is 12.6. The summed E-state index contributed by atoms with van der Waals surface area (Å²) in [6, 6.07) is 8.95. The number of carbonyl (C=O) groups is 1. The average Bonchev–Trinajstić information content (AvgIpc) is 2.66. The SMILES string of the molecule is Cc1ccc(C(=O)Nc2cc(S(=O)(=O)N3CCCCC3)ccc2C)cc1F. The topological polar surface area (TPSA) is 66.5 Å². The molecule has 0 aliphatic carbocycles. The summed E-state index contributed by atoms with van der Waals surface area (Å²) in [5, 5.41) is 2.70. The van der Waals surface area contributed by atoms with Crippen molar-refractivity contribution in [1.82, 2.24) is 4.31 Å². The van der Waals surface area contributed by atoms with Crippen LogP contribution in [0.25, 0.3) is 0 Å². The average molecular weight is 390 g/mol. The molecule has 0 saturated carbocycles. The number of nitrogens with zero attached hydrogens (tertiary/aromatic N) is 1. The fourth-order valence-corrected chi connectivity index (χ4v) is 4.62. The van der Waals surface area contributed by atoms with Gasteiger partial charge in [-0.15, -0.1) is 0 Å². The van der Waals surface area contributed by atoms with Crippen LogP contribution in [-0.4, -0.2) is 31.7 Å². The van der Waals surface area contributed by atoms with Gasteiger partial charge < -0.3 is 5.32 Å². The number of carbonyl (C=O) groups excluding carboxylic acids is 1. The molecule has 0 bridgehead atoms. The lowest BCUT2D eigenvalue weighted by Crippen LogP contribution is -2.35. The van der Waals surface area contributed by atoms with Crippen molar-refractivity contribution in [2.45, 2.75) is 38.0 Å². The van der Waals surface area contributed by atoms with Crippen LogP contribution in [0.4, 0.5) is 10.1 Å². The van der Waals surface area contributed by atoms with Gasteiger partial charge in [-0.2, -0.15) is 4.31 Å². The molecule has 2 aromatic rings. The highest BCUT2D eigenvalue weighted by Crippen LogP contribution is 2.25. The summed E-state index contributed by atoms with van der Waals surface area (Å²) in [6.07, 6.45) is 2.75. The zero-order valence-corrected chi connectivity index (χ0v) is 16.3. The molecule has 3 rings (SSSR count). The number of hydrogen-bond donors (Lipinski definition) is 1. The first kappa shape index (κ1) is 19.5. The van der Waals surface area contributed by atoms with E-state index in [1.165, 1.54) is 28.6 Å². The van der Waals surface area contributed by atoms with Gasteiger partial charge in [0, 0.05) is 24.3 Å². The molecule has 1 aliphatic heterocycles. The molecule has 144 valence electrons. The van der Waals surface area contributed by atoms with E-state index in [0.717, 1.165) is 24.8 Å². The van der Waals surface area contributed by atoms with Gasteiger partial charge >= 0.3 is 0 Å². The van der Waals surface area contributed by atoms with Gasteiger partial charge in [0.2, 0.25) is 10.0 Å². The number of amides is 1. The Labute approximate surface area is 159 Å². The van der Waals surface area contributed by atoms with Gasteiger partial charge in [-0.1, -0.05) is 18.6 Å². The highest BCUT2D eigenvalue weighted by molar-refractivity contribution is 7.89. The first-order chi connectivity index (χ1) is 12.8. The van der Waals surface area contributed by atoms with Gasteiger partial charge in [-0.05, 0) is 62.1 Å². The van der Waals surface area contributed by atoms with Crippen LogP contribution in [0.3, 0.4) is 0 Å². The summed E-state index contributed by atoms with van der Waals surface area (Å²) in [5.41, 5.74) is 1.77. The van der Waals surface area contributed by atoms with Crippen molar-refractivity contribution in [2.24, 2.45) is 0 Å². The summed E-state index contributed by atoms with van der Waals surface area (Å²) in [5.74, 6) is -0.940. The number of piperidine rings is 1. The molecular weight excluding hydrogens is 367 g/mol. The van der Waals surface area contributed by atoms with E-state index in [4.69, 9.17) is 0 Å². The van der Waals surface area contributed by atoms with Gasteiger partial charge in [-0.3, -0.25) is 4.79 Å². The number of nitrogens with one attached hydrogen (secondary N) is 1. The number of rotatable bonds is 4. The minimum absolute atomic E-state index is 0.153. The molecule has 1 aliphatic rings. The quantitative estimate of drug-likeness (QED) is 0.862. The third-order valence-corrected chi connectivity index (χ3v) is 6.74. The van der Waals surface area contributed by atoms with E-state index in [1.54, 1.807) is 26.0 Å². The van der Waals surface area contributed by atoms with Crippen molar-refractivity contribution in [1.29, 1.82) is 0 Å². The van der Waals surface area contributed by atoms with Crippen LogP contribution in [0.1, 0.15) is 40.7 Å². The molecule has 0 aromatic heterocycles. The second-order valence-corrected chi connectivity index (χ2v) is 8.80. The molecule has 0 unspecified atom stereocenters. The minimum Gasteiger partial charge on any atom is -0.322 e. The summed E-state index contributed by atoms with van der Waals surface area (Å²) in [7, 11) is -3.59. The molecule has 0 spiro atoms. The zero-order valence-electron chi connectivity index (χ0n) is 15.5. The predicted molar refractivity (Wildman–Crippen MR) is 103 cm³/mol. The minimum atomic E-state index is -3.59. The standard InChI is InChI=1S/C20H23FN2O3S/c1-14-6-8-16(12-18(14)21)20(24)22-19-13-17(9-7-15(19)2)27(25,26)23-10-4-3-5-11-23/h6-9,12-13H,3-5,10-11H2,1-2H3,(H,22,24). The first-order valence-corrected chi connectivity index (χ1v) is 10.4. The maximum Gasteiger partial charge on any atom is 0.255 e. The fourth-order valence-electron chi connectivity index (χ4n) is 3.08. The first-order valence-electron chi connectivity index (χ1n) is 8.97. The molecule has 0 radical (unpaired) electrons. The van der Waals surface area contributed by atoms with Gasteiger partial charge in [0.05, 0.1) is 4.90 Å². The van der Waals surface area contributed by atoms with Crippen LogP contribution >= 0.6 is 0 Å². The highest BCUT2D eigenvalue weighted by atomic mass is 32.2. The zero-order chi connectivity index (χ0) is 19.6. The van der Waals surface area contributed by atoms with Gasteiger partial charge in [-0.25, -0.2) is 12.8 Å². The maximum atomic E-state index is 13.7. The Hall–Kier alpha value is -2.25. The Kier molecular flexibility index (Phi) is 5.62. The van der Waals surface area contributed by atoms with E-state index in [2.05, 4.69) is 5.32 Å². The number of aryl methyl sites for hydroxylation is 2. The molecule has 5 nitrogen and oxygen atoms in total. The van der Waals surface area contributed by atoms with Gasteiger partial charge in [0.25, 0.3) is 5.91 Å². The Morgan fingerprint density at radius 3 is 2.33 bits per heavy atom. The van der Waals surface area contributed by atoms with Crippen LogP contribution in [0, 0.1) is 19.7 Å². The van der Waals surface area contributed by atoms with Gasteiger partial charge in [0.15, 0.2) is 0 Å². The Morgan fingerprint density at radius 2 is 1.67 bits per heavy atom. The van der Waals surface area contributed by atoms with Crippen molar-refractivity contribution in [3.63, 3.8) is 0 Å². The van der Waals surface area contributed by atoms with Crippen molar-refractivity contribution in [3.8, 4) is 0 Å². The molecule has 1 saturated heterocycles. The third-order valence-electron chi connectivity index (χ3n) is 4.84. The number of anilines is 1. The van der Waals surface area contributed by atoms with Crippen molar-refractivity contribution < 1.29 is 17.6 Å². The predicted octanol–water partition coefficient (Wildman–Crippen LogP) is 3.87. The lowest BCUT2D eigenvalue weighted by Gasteiger charge is -2.26. The second kappa shape index (κ2) is 7.78. The largest absolute Gasteiger partial charge is 0.322 e. The summed E-state index contributed by atoms with van der Waals surface area (Å²) < 4.78 is 40.9. The normalized spacial score (nSPS) is 15.5. The van der Waals surface area contributed by atoms with E-state index in [9.17, 15) is 17.6 Å². The number of halogens is 1. The number of benzene rings is 2. The lowest BCUT2D eigenvalue weighted by molar-refractivity contribution is 0.102. The molecule has 2 aromatic carbocycles. The molecular formula is C20H23FN2O3S. The smallest absolute Gasteiger partial charge is 0.255 e. The van der Waals surface area contributed by atoms with Crippen LogP contribution in [0.2, 0.25) is 0 Å². The fraction of sp³-hybridized carbons (Fsp3) is 0.350. The summed E-state index contributed by atoms with van der Waals surface area (Å²) in [6.45, 7) is 4.43. The lowest BCUT2D eigenvalue weighted by atomic mass is 10.1. The van der Waals surface area contributed by atoms with Crippen molar-refractivity contribution in [2.75, 3.05) is 18.4 Å². The molecule has 1 heterocycles. The number of hydrogen-bond acceptors (Lipinski definition) is 3.